The fraction of sp³-hybridized carbons (Fsp3) is 0.118. The summed E-state index contributed by atoms with van der Waals surface area (Å²) in [6, 6.07) is 11.8. The van der Waals surface area contributed by atoms with Gasteiger partial charge in [-0.1, -0.05) is 40.0 Å². The Morgan fingerprint density at radius 1 is 1.08 bits per heavy atom. The van der Waals surface area contributed by atoms with E-state index in [9.17, 15) is 4.79 Å². The van der Waals surface area contributed by atoms with E-state index in [0.29, 0.717) is 32.3 Å². The van der Waals surface area contributed by atoms with E-state index in [0.717, 1.165) is 5.56 Å². The molecule has 0 aliphatic carbocycles. The predicted molar refractivity (Wildman–Crippen MR) is 97.0 cm³/mol. The van der Waals surface area contributed by atoms with Gasteiger partial charge in [0.25, 0.3) is 5.91 Å². The molecule has 0 N–H and O–H groups in total. The number of halogens is 3. The lowest BCUT2D eigenvalue weighted by Gasteiger charge is -2.15. The summed E-state index contributed by atoms with van der Waals surface area (Å²) >= 11 is 17.9. The first-order valence-electron chi connectivity index (χ1n) is 7.23. The smallest absolute Gasteiger partial charge is 0.255 e. The molecule has 1 heterocycles. The normalized spacial score (nSPS) is 10.7. The molecule has 0 radical (unpaired) electrons. The molecular formula is C17H12Cl3N3O2. The molecule has 0 aliphatic rings. The Morgan fingerprint density at radius 2 is 1.76 bits per heavy atom. The number of benzene rings is 2. The Kier molecular flexibility index (Phi) is 5.27. The third kappa shape index (κ3) is 4.12. The van der Waals surface area contributed by atoms with E-state index in [1.54, 1.807) is 43.4 Å². The molecule has 25 heavy (non-hydrogen) atoms. The van der Waals surface area contributed by atoms with Crippen LogP contribution in [0.25, 0.3) is 11.4 Å². The van der Waals surface area contributed by atoms with Crippen LogP contribution in [-0.2, 0) is 6.54 Å². The molecule has 2 aromatic carbocycles. The van der Waals surface area contributed by atoms with Crippen molar-refractivity contribution in [2.75, 3.05) is 7.05 Å². The van der Waals surface area contributed by atoms with Crippen molar-refractivity contribution in [1.29, 1.82) is 0 Å². The van der Waals surface area contributed by atoms with E-state index < -0.39 is 0 Å². The van der Waals surface area contributed by atoms with Crippen LogP contribution in [0.15, 0.2) is 47.0 Å². The van der Waals surface area contributed by atoms with E-state index in [1.807, 2.05) is 0 Å². The molecular weight excluding hydrogens is 385 g/mol. The molecule has 0 bridgehead atoms. The van der Waals surface area contributed by atoms with E-state index in [2.05, 4.69) is 10.1 Å². The summed E-state index contributed by atoms with van der Waals surface area (Å²) in [6.07, 6.45) is 0. The Morgan fingerprint density at radius 3 is 2.48 bits per heavy atom. The molecule has 1 aromatic heterocycles. The number of hydrogen-bond donors (Lipinski definition) is 0. The molecule has 0 aliphatic heterocycles. The van der Waals surface area contributed by atoms with Gasteiger partial charge in [-0.25, -0.2) is 0 Å². The van der Waals surface area contributed by atoms with Gasteiger partial charge in [0.15, 0.2) is 0 Å². The SMILES string of the molecule is CN(Cc1nc(-c2ccc(Cl)cc2)no1)C(=O)c1cc(Cl)ccc1Cl. The minimum atomic E-state index is -0.293. The zero-order valence-electron chi connectivity index (χ0n) is 13.0. The van der Waals surface area contributed by atoms with Crippen molar-refractivity contribution in [3.63, 3.8) is 0 Å². The van der Waals surface area contributed by atoms with Gasteiger partial charge in [0, 0.05) is 22.7 Å². The first-order chi connectivity index (χ1) is 11.9. The van der Waals surface area contributed by atoms with Crippen molar-refractivity contribution < 1.29 is 9.32 Å². The van der Waals surface area contributed by atoms with Gasteiger partial charge in [-0.05, 0) is 42.5 Å². The highest BCUT2D eigenvalue weighted by Crippen LogP contribution is 2.23. The van der Waals surface area contributed by atoms with Crippen LogP contribution in [0.1, 0.15) is 16.2 Å². The molecule has 3 rings (SSSR count). The van der Waals surface area contributed by atoms with Crippen LogP contribution in [-0.4, -0.2) is 28.0 Å². The van der Waals surface area contributed by atoms with E-state index in [-0.39, 0.29) is 12.5 Å². The van der Waals surface area contributed by atoms with Gasteiger partial charge in [-0.2, -0.15) is 4.98 Å². The summed E-state index contributed by atoms with van der Waals surface area (Å²) in [6.45, 7) is 0.141. The third-order valence-electron chi connectivity index (χ3n) is 3.45. The fourth-order valence-corrected chi connectivity index (χ4v) is 2.67. The molecule has 8 heteroatoms. The van der Waals surface area contributed by atoms with Crippen LogP contribution in [0.5, 0.6) is 0 Å². The van der Waals surface area contributed by atoms with Gasteiger partial charge in [0.2, 0.25) is 11.7 Å². The topological polar surface area (TPSA) is 59.2 Å². The molecule has 0 spiro atoms. The quantitative estimate of drug-likeness (QED) is 0.625. The summed E-state index contributed by atoms with van der Waals surface area (Å²) in [4.78, 5) is 18.2. The number of nitrogens with zero attached hydrogens (tertiary/aromatic N) is 3. The standard InChI is InChI=1S/C17H12Cl3N3O2/c1-23(17(24)13-8-12(19)6-7-14(13)20)9-15-21-16(22-25-15)10-2-4-11(18)5-3-10/h2-8H,9H2,1H3. The fourth-order valence-electron chi connectivity index (χ4n) is 2.18. The molecule has 1 amide bonds. The van der Waals surface area contributed by atoms with Gasteiger partial charge >= 0.3 is 0 Å². The highest BCUT2D eigenvalue weighted by molar-refractivity contribution is 6.35. The lowest BCUT2D eigenvalue weighted by Crippen LogP contribution is -2.26. The molecule has 5 nitrogen and oxygen atoms in total. The van der Waals surface area contributed by atoms with E-state index in [4.69, 9.17) is 39.3 Å². The Labute approximate surface area is 159 Å². The van der Waals surface area contributed by atoms with Crippen LogP contribution in [0.2, 0.25) is 15.1 Å². The molecule has 0 saturated heterocycles. The Hall–Kier alpha value is -2.08. The van der Waals surface area contributed by atoms with Gasteiger partial charge in [-0.15, -0.1) is 0 Å². The maximum atomic E-state index is 12.5. The second-order valence-electron chi connectivity index (χ2n) is 5.30. The van der Waals surface area contributed by atoms with Crippen LogP contribution in [0.4, 0.5) is 0 Å². The zero-order valence-corrected chi connectivity index (χ0v) is 15.3. The number of amides is 1. The first-order valence-corrected chi connectivity index (χ1v) is 8.36. The highest BCUT2D eigenvalue weighted by atomic mass is 35.5. The maximum Gasteiger partial charge on any atom is 0.255 e. The largest absolute Gasteiger partial charge is 0.337 e. The predicted octanol–water partition coefficient (Wildman–Crippen LogP) is 4.97. The van der Waals surface area contributed by atoms with E-state index >= 15 is 0 Å². The van der Waals surface area contributed by atoms with Crippen molar-refractivity contribution in [3.05, 3.63) is 69.0 Å². The summed E-state index contributed by atoms with van der Waals surface area (Å²) in [7, 11) is 1.62. The Bertz CT molecular complexity index is 910. The van der Waals surface area contributed by atoms with Gasteiger partial charge in [0.1, 0.15) is 0 Å². The average Bonchev–Trinajstić information content (AvgIpc) is 3.05. The van der Waals surface area contributed by atoms with Crippen molar-refractivity contribution in [2.24, 2.45) is 0 Å². The molecule has 3 aromatic rings. The first kappa shape index (κ1) is 17.7. The average molecular weight is 397 g/mol. The molecule has 0 fully saturated rings. The summed E-state index contributed by atoms with van der Waals surface area (Å²) in [5.74, 6) is 0.436. The summed E-state index contributed by atoms with van der Waals surface area (Å²) < 4.78 is 5.21. The number of aromatic nitrogens is 2. The van der Waals surface area contributed by atoms with Crippen molar-refractivity contribution in [1.82, 2.24) is 15.0 Å². The monoisotopic (exact) mass is 395 g/mol. The molecule has 0 atom stereocenters. The van der Waals surface area contributed by atoms with Gasteiger partial charge < -0.3 is 9.42 Å². The second-order valence-corrected chi connectivity index (χ2v) is 6.58. The molecule has 0 saturated carbocycles. The van der Waals surface area contributed by atoms with Crippen LogP contribution >= 0.6 is 34.8 Å². The van der Waals surface area contributed by atoms with Crippen molar-refractivity contribution in [2.45, 2.75) is 6.54 Å². The second kappa shape index (κ2) is 7.44. The van der Waals surface area contributed by atoms with Gasteiger partial charge in [0.05, 0.1) is 17.1 Å². The lowest BCUT2D eigenvalue weighted by atomic mass is 10.2. The third-order valence-corrected chi connectivity index (χ3v) is 4.27. The number of carbonyl (C=O) groups is 1. The van der Waals surface area contributed by atoms with Crippen molar-refractivity contribution in [3.8, 4) is 11.4 Å². The number of carbonyl (C=O) groups excluding carboxylic acids is 1. The number of rotatable bonds is 4. The highest BCUT2D eigenvalue weighted by Gasteiger charge is 2.18. The van der Waals surface area contributed by atoms with Crippen LogP contribution in [0, 0.1) is 0 Å². The lowest BCUT2D eigenvalue weighted by molar-refractivity contribution is 0.0769. The summed E-state index contributed by atoms with van der Waals surface area (Å²) in [5.41, 5.74) is 1.08. The van der Waals surface area contributed by atoms with E-state index in [1.165, 1.54) is 11.0 Å². The minimum absolute atomic E-state index is 0.141. The zero-order chi connectivity index (χ0) is 18.0. The molecule has 0 unspecified atom stereocenters. The Balaban J connectivity index is 1.75. The summed E-state index contributed by atoms with van der Waals surface area (Å²) in [5, 5.41) is 5.30. The van der Waals surface area contributed by atoms with Crippen LogP contribution < -0.4 is 0 Å². The van der Waals surface area contributed by atoms with Crippen molar-refractivity contribution >= 4 is 40.7 Å². The minimum Gasteiger partial charge on any atom is -0.337 e. The molecule has 128 valence electrons. The maximum absolute atomic E-state index is 12.5. The number of hydrogen-bond acceptors (Lipinski definition) is 4. The van der Waals surface area contributed by atoms with Crippen LogP contribution in [0.3, 0.4) is 0 Å². The van der Waals surface area contributed by atoms with Gasteiger partial charge in [-0.3, -0.25) is 4.79 Å².